The highest BCUT2D eigenvalue weighted by atomic mass is 32.2. The van der Waals surface area contributed by atoms with E-state index in [1.807, 2.05) is 16.9 Å². The Bertz CT molecular complexity index is 890. The minimum absolute atomic E-state index is 0.0112. The van der Waals surface area contributed by atoms with Gasteiger partial charge in [-0.1, -0.05) is 18.2 Å². The third-order valence-corrected chi connectivity index (χ3v) is 4.72. The van der Waals surface area contributed by atoms with Crippen LogP contribution in [0, 0.1) is 5.82 Å². The zero-order chi connectivity index (χ0) is 16.4. The van der Waals surface area contributed by atoms with Gasteiger partial charge in [-0.25, -0.2) is 22.3 Å². The Morgan fingerprint density at radius 3 is 2.57 bits per heavy atom. The van der Waals surface area contributed by atoms with Crippen LogP contribution in [-0.2, 0) is 16.4 Å². The maximum Gasteiger partial charge on any atom is 0.333 e. The number of carbonyl (C=O) groups is 1. The molecule has 1 aliphatic carbocycles. The Hall–Kier alpha value is -2.67. The lowest BCUT2D eigenvalue weighted by Crippen LogP contribution is -2.34. The van der Waals surface area contributed by atoms with Crippen LogP contribution >= 0.6 is 0 Å². The first kappa shape index (κ1) is 15.2. The first-order chi connectivity index (χ1) is 10.9. The van der Waals surface area contributed by atoms with Crippen molar-refractivity contribution in [2.24, 2.45) is 0 Å². The zero-order valence-corrected chi connectivity index (χ0v) is 12.7. The summed E-state index contributed by atoms with van der Waals surface area (Å²) in [6.45, 7) is 0. The predicted octanol–water partition coefficient (Wildman–Crippen LogP) is 2.91. The number of benzene rings is 2. The normalized spacial score (nSPS) is 12.7. The lowest BCUT2D eigenvalue weighted by atomic mass is 10.1. The molecule has 0 radical (unpaired) electrons. The number of hydrogen-bond acceptors (Lipinski definition) is 3. The number of nitrogens with one attached hydrogen (secondary N) is 2. The fourth-order valence-corrected chi connectivity index (χ4v) is 3.21. The van der Waals surface area contributed by atoms with Gasteiger partial charge in [-0.15, -0.1) is 0 Å². The Morgan fingerprint density at radius 1 is 1.09 bits per heavy atom. The van der Waals surface area contributed by atoms with Gasteiger partial charge >= 0.3 is 6.03 Å². The van der Waals surface area contributed by atoms with E-state index in [-0.39, 0.29) is 10.6 Å². The van der Waals surface area contributed by atoms with Crippen molar-refractivity contribution in [3.63, 3.8) is 0 Å². The molecule has 0 bridgehead atoms. The SMILES string of the molecule is O=C(Nc1ccc(F)cc1)NS(=O)(=O)c1ccc2c(c1)C=CC2. The third kappa shape index (κ3) is 3.40. The van der Waals surface area contributed by atoms with Gasteiger partial charge in [0.25, 0.3) is 10.0 Å². The average molecular weight is 332 g/mol. The molecule has 5 nitrogen and oxygen atoms in total. The molecular formula is C16H13FN2O3S. The molecule has 23 heavy (non-hydrogen) atoms. The van der Waals surface area contributed by atoms with Gasteiger partial charge in [0.15, 0.2) is 0 Å². The molecule has 2 aromatic rings. The van der Waals surface area contributed by atoms with Crippen LogP contribution in [0.5, 0.6) is 0 Å². The van der Waals surface area contributed by atoms with Crippen molar-refractivity contribution in [2.75, 3.05) is 5.32 Å². The van der Waals surface area contributed by atoms with E-state index in [0.29, 0.717) is 0 Å². The van der Waals surface area contributed by atoms with Crippen LogP contribution in [0.1, 0.15) is 11.1 Å². The fraction of sp³-hybridized carbons (Fsp3) is 0.0625. The fourth-order valence-electron chi connectivity index (χ4n) is 2.26. The van der Waals surface area contributed by atoms with Gasteiger partial charge in [-0.3, -0.25) is 0 Å². The molecule has 7 heteroatoms. The van der Waals surface area contributed by atoms with Crippen LogP contribution in [0.15, 0.2) is 53.4 Å². The van der Waals surface area contributed by atoms with Gasteiger partial charge in [0.05, 0.1) is 4.90 Å². The van der Waals surface area contributed by atoms with Crippen molar-refractivity contribution < 1.29 is 17.6 Å². The summed E-state index contributed by atoms with van der Waals surface area (Å²) < 4.78 is 39.2. The maximum atomic E-state index is 12.8. The molecule has 0 spiro atoms. The molecule has 0 unspecified atom stereocenters. The van der Waals surface area contributed by atoms with Crippen molar-refractivity contribution in [1.82, 2.24) is 4.72 Å². The van der Waals surface area contributed by atoms with Crippen molar-refractivity contribution in [1.29, 1.82) is 0 Å². The maximum absolute atomic E-state index is 12.8. The molecule has 0 aliphatic heterocycles. The third-order valence-electron chi connectivity index (χ3n) is 3.39. The monoisotopic (exact) mass is 332 g/mol. The number of urea groups is 1. The Kier molecular flexibility index (Phi) is 3.87. The average Bonchev–Trinajstić information content (AvgIpc) is 2.96. The number of anilines is 1. The predicted molar refractivity (Wildman–Crippen MR) is 84.9 cm³/mol. The topological polar surface area (TPSA) is 75.3 Å². The van der Waals surface area contributed by atoms with E-state index in [4.69, 9.17) is 0 Å². The van der Waals surface area contributed by atoms with Gasteiger partial charge in [-0.05, 0) is 53.9 Å². The van der Waals surface area contributed by atoms with Crippen LogP contribution in [0.3, 0.4) is 0 Å². The smallest absolute Gasteiger partial charge is 0.307 e. The summed E-state index contributed by atoms with van der Waals surface area (Å²) in [7, 11) is -3.98. The molecule has 0 heterocycles. The molecule has 2 N–H and O–H groups in total. The van der Waals surface area contributed by atoms with Crippen molar-refractivity contribution in [2.45, 2.75) is 11.3 Å². The molecule has 2 aromatic carbocycles. The zero-order valence-electron chi connectivity index (χ0n) is 11.9. The number of allylic oxidation sites excluding steroid dienone is 1. The molecule has 0 saturated heterocycles. The molecule has 0 atom stereocenters. The molecule has 1 aliphatic rings. The van der Waals surface area contributed by atoms with E-state index < -0.39 is 21.9 Å². The van der Waals surface area contributed by atoms with E-state index in [2.05, 4.69) is 5.32 Å². The van der Waals surface area contributed by atoms with Crippen molar-refractivity contribution in [3.05, 3.63) is 65.5 Å². The van der Waals surface area contributed by atoms with Crippen LogP contribution in [0.25, 0.3) is 6.08 Å². The van der Waals surface area contributed by atoms with Gasteiger partial charge in [0.2, 0.25) is 0 Å². The quantitative estimate of drug-likeness (QED) is 0.907. The summed E-state index contributed by atoms with van der Waals surface area (Å²) in [5, 5.41) is 2.34. The first-order valence-corrected chi connectivity index (χ1v) is 8.31. The summed E-state index contributed by atoms with van der Waals surface area (Å²) in [5.41, 5.74) is 2.16. The lowest BCUT2D eigenvalue weighted by Gasteiger charge is -2.09. The second kappa shape index (κ2) is 5.85. The van der Waals surface area contributed by atoms with E-state index in [1.54, 1.807) is 6.07 Å². The lowest BCUT2D eigenvalue weighted by molar-refractivity contribution is 0.256. The van der Waals surface area contributed by atoms with E-state index in [9.17, 15) is 17.6 Å². The highest BCUT2D eigenvalue weighted by Crippen LogP contribution is 2.22. The molecule has 0 fully saturated rings. The van der Waals surface area contributed by atoms with E-state index in [1.165, 1.54) is 24.3 Å². The second-order valence-corrected chi connectivity index (χ2v) is 6.72. The summed E-state index contributed by atoms with van der Waals surface area (Å²) in [6, 6.07) is 8.79. The van der Waals surface area contributed by atoms with Crippen LogP contribution < -0.4 is 10.0 Å². The van der Waals surface area contributed by atoms with Crippen LogP contribution in [0.2, 0.25) is 0 Å². The molecule has 118 valence electrons. The number of rotatable bonds is 3. The highest BCUT2D eigenvalue weighted by Gasteiger charge is 2.19. The minimum atomic E-state index is -3.98. The summed E-state index contributed by atoms with van der Waals surface area (Å²) >= 11 is 0. The van der Waals surface area contributed by atoms with E-state index in [0.717, 1.165) is 29.7 Å². The van der Waals surface area contributed by atoms with E-state index >= 15 is 0 Å². The number of halogens is 1. The van der Waals surface area contributed by atoms with Gasteiger partial charge in [-0.2, -0.15) is 0 Å². The van der Waals surface area contributed by atoms with Crippen molar-refractivity contribution in [3.8, 4) is 0 Å². The molecule has 0 aromatic heterocycles. The van der Waals surface area contributed by atoms with Gasteiger partial charge in [0.1, 0.15) is 5.82 Å². The molecule has 2 amide bonds. The number of amides is 2. The molecular weight excluding hydrogens is 319 g/mol. The van der Waals surface area contributed by atoms with Crippen molar-refractivity contribution >= 4 is 27.8 Å². The Morgan fingerprint density at radius 2 is 1.83 bits per heavy atom. The molecule has 3 rings (SSSR count). The summed E-state index contributed by atoms with van der Waals surface area (Å²) in [4.78, 5) is 11.8. The van der Waals surface area contributed by atoms with Gasteiger partial charge < -0.3 is 5.32 Å². The first-order valence-electron chi connectivity index (χ1n) is 6.83. The number of sulfonamides is 1. The van der Waals surface area contributed by atoms with Gasteiger partial charge in [0, 0.05) is 5.69 Å². The second-order valence-electron chi connectivity index (χ2n) is 5.03. The number of hydrogen-bond donors (Lipinski definition) is 2. The van der Waals surface area contributed by atoms with Crippen LogP contribution in [-0.4, -0.2) is 14.4 Å². The largest absolute Gasteiger partial charge is 0.333 e. The minimum Gasteiger partial charge on any atom is -0.307 e. The van der Waals surface area contributed by atoms with Crippen LogP contribution in [0.4, 0.5) is 14.9 Å². The highest BCUT2D eigenvalue weighted by molar-refractivity contribution is 7.90. The number of fused-ring (bicyclic) bond motifs is 1. The Balaban J connectivity index is 1.74. The Labute approximate surface area is 132 Å². The number of carbonyl (C=O) groups excluding carboxylic acids is 1. The standard InChI is InChI=1S/C16H13FN2O3S/c17-13-5-7-14(8-6-13)18-16(20)19-23(21,22)15-9-4-11-2-1-3-12(11)10-15/h1,3-10H,2H2,(H2,18,19,20). The summed E-state index contributed by atoms with van der Waals surface area (Å²) in [5.74, 6) is -0.449. The molecule has 0 saturated carbocycles. The summed E-state index contributed by atoms with van der Waals surface area (Å²) in [6.07, 6.45) is 4.55.